The molecule has 1 aliphatic carbocycles. The van der Waals surface area contributed by atoms with Crippen molar-refractivity contribution in [3.63, 3.8) is 0 Å². The van der Waals surface area contributed by atoms with E-state index in [1.165, 1.54) is 22.9 Å². The van der Waals surface area contributed by atoms with Crippen LogP contribution in [0.2, 0.25) is 0 Å². The van der Waals surface area contributed by atoms with Crippen LogP contribution in [0.15, 0.2) is 48.5 Å². The van der Waals surface area contributed by atoms with Crippen LogP contribution in [-0.4, -0.2) is 25.8 Å². The monoisotopic (exact) mass is 406 g/mol. The molecule has 2 aromatic heterocycles. The van der Waals surface area contributed by atoms with Gasteiger partial charge in [0.2, 0.25) is 5.95 Å². The Morgan fingerprint density at radius 3 is 2.57 bits per heavy atom. The van der Waals surface area contributed by atoms with Crippen LogP contribution in [0.4, 0.5) is 20.5 Å². The zero-order valence-electron chi connectivity index (χ0n) is 16.1. The molecule has 2 heterocycles. The molecule has 30 heavy (non-hydrogen) atoms. The van der Waals surface area contributed by atoms with Gasteiger partial charge in [0, 0.05) is 11.6 Å². The fourth-order valence-corrected chi connectivity index (χ4v) is 3.98. The van der Waals surface area contributed by atoms with Gasteiger partial charge in [-0.1, -0.05) is 31.0 Å². The van der Waals surface area contributed by atoms with Crippen LogP contribution in [0, 0.1) is 11.6 Å². The Bertz CT molecular complexity index is 1230. The molecule has 0 bridgehead atoms. The number of nitrogens with zero attached hydrogens (tertiary/aromatic N) is 4. The molecular weight excluding hydrogens is 386 g/mol. The Morgan fingerprint density at radius 2 is 1.80 bits per heavy atom. The Hall–Kier alpha value is -3.55. The van der Waals surface area contributed by atoms with E-state index in [0.29, 0.717) is 33.9 Å². The predicted octanol–water partition coefficient (Wildman–Crippen LogP) is 4.70. The molecule has 0 aliphatic heterocycles. The van der Waals surface area contributed by atoms with Crippen molar-refractivity contribution in [2.75, 3.05) is 11.1 Å². The third-order valence-electron chi connectivity index (χ3n) is 5.44. The lowest BCUT2D eigenvalue weighted by Gasteiger charge is -2.13. The first-order valence-electron chi connectivity index (χ1n) is 9.94. The highest BCUT2D eigenvalue weighted by Crippen LogP contribution is 2.34. The van der Waals surface area contributed by atoms with E-state index in [4.69, 9.17) is 5.73 Å². The summed E-state index contributed by atoms with van der Waals surface area (Å²) in [7, 11) is 0. The second-order valence-electron chi connectivity index (χ2n) is 7.48. The predicted molar refractivity (Wildman–Crippen MR) is 112 cm³/mol. The van der Waals surface area contributed by atoms with E-state index in [1.807, 2.05) is 0 Å². The standard InChI is InChI=1S/C22H20F2N6/c23-13-6-5-9-15(12-13)30-20(25)18-19(16-10-3-4-11-17(16)24)27-22(28-21(18)29-30)26-14-7-1-2-8-14/h3-6,9-12,14H,1-2,7-8,25H2,(H,26,28,29). The van der Waals surface area contributed by atoms with Gasteiger partial charge in [-0.3, -0.25) is 0 Å². The Balaban J connectivity index is 1.73. The number of nitrogens with two attached hydrogens (primary N) is 1. The highest BCUT2D eigenvalue weighted by atomic mass is 19.1. The molecule has 5 rings (SSSR count). The molecule has 0 spiro atoms. The SMILES string of the molecule is Nc1c2c(-c3ccccc3F)nc(NC3CCCC3)nc2nn1-c1cccc(F)c1. The minimum atomic E-state index is -0.415. The molecule has 0 radical (unpaired) electrons. The average Bonchev–Trinajstić information content (AvgIpc) is 3.36. The van der Waals surface area contributed by atoms with Crippen LogP contribution in [0.5, 0.6) is 0 Å². The van der Waals surface area contributed by atoms with Crippen LogP contribution in [-0.2, 0) is 0 Å². The maximum atomic E-state index is 14.7. The number of nitrogen functional groups attached to an aromatic ring is 1. The van der Waals surface area contributed by atoms with Crippen molar-refractivity contribution < 1.29 is 8.78 Å². The summed E-state index contributed by atoms with van der Waals surface area (Å²) in [5, 5.41) is 8.26. The summed E-state index contributed by atoms with van der Waals surface area (Å²) in [6.07, 6.45) is 4.38. The van der Waals surface area contributed by atoms with Crippen molar-refractivity contribution in [1.29, 1.82) is 0 Å². The number of anilines is 2. The van der Waals surface area contributed by atoms with Gasteiger partial charge in [-0.2, -0.15) is 4.98 Å². The molecule has 0 amide bonds. The van der Waals surface area contributed by atoms with Crippen molar-refractivity contribution in [1.82, 2.24) is 19.7 Å². The summed E-state index contributed by atoms with van der Waals surface area (Å²) in [5.74, 6) is -0.213. The highest BCUT2D eigenvalue weighted by Gasteiger charge is 2.23. The number of nitrogens with one attached hydrogen (secondary N) is 1. The smallest absolute Gasteiger partial charge is 0.225 e. The van der Waals surface area contributed by atoms with Gasteiger partial charge in [0.15, 0.2) is 5.65 Å². The lowest BCUT2D eigenvalue weighted by Crippen LogP contribution is -2.17. The van der Waals surface area contributed by atoms with Crippen LogP contribution in [0.1, 0.15) is 25.7 Å². The van der Waals surface area contributed by atoms with Crippen LogP contribution in [0.25, 0.3) is 28.0 Å². The summed E-state index contributed by atoms with van der Waals surface area (Å²) in [6.45, 7) is 0. The zero-order valence-corrected chi connectivity index (χ0v) is 16.1. The van der Waals surface area contributed by atoms with Crippen molar-refractivity contribution >= 4 is 22.8 Å². The van der Waals surface area contributed by atoms with Crippen LogP contribution >= 0.6 is 0 Å². The Morgan fingerprint density at radius 1 is 1.00 bits per heavy atom. The average molecular weight is 406 g/mol. The second kappa shape index (κ2) is 7.37. The van der Waals surface area contributed by atoms with Gasteiger partial charge >= 0.3 is 0 Å². The molecule has 3 N–H and O–H groups in total. The van der Waals surface area contributed by atoms with E-state index >= 15 is 0 Å². The quantitative estimate of drug-likeness (QED) is 0.514. The lowest BCUT2D eigenvalue weighted by atomic mass is 10.1. The van der Waals surface area contributed by atoms with Crippen molar-refractivity contribution in [3.05, 3.63) is 60.2 Å². The van der Waals surface area contributed by atoms with E-state index in [0.717, 1.165) is 25.7 Å². The molecule has 8 heteroatoms. The minimum Gasteiger partial charge on any atom is -0.383 e. The molecular formula is C22H20F2N6. The first-order chi connectivity index (χ1) is 14.6. The molecule has 1 fully saturated rings. The van der Waals surface area contributed by atoms with Gasteiger partial charge in [0.1, 0.15) is 17.5 Å². The van der Waals surface area contributed by atoms with Gasteiger partial charge in [0.05, 0.1) is 16.8 Å². The summed E-state index contributed by atoms with van der Waals surface area (Å²) in [6, 6.07) is 12.6. The largest absolute Gasteiger partial charge is 0.383 e. The summed E-state index contributed by atoms with van der Waals surface area (Å²) in [4.78, 5) is 9.14. The first kappa shape index (κ1) is 18.5. The molecule has 0 saturated heterocycles. The topological polar surface area (TPSA) is 81.7 Å². The molecule has 0 atom stereocenters. The number of hydrogen-bond acceptors (Lipinski definition) is 5. The van der Waals surface area contributed by atoms with E-state index in [-0.39, 0.29) is 11.9 Å². The third kappa shape index (κ3) is 3.24. The molecule has 0 unspecified atom stereocenters. The van der Waals surface area contributed by atoms with Gasteiger partial charge in [-0.05, 0) is 43.2 Å². The molecule has 1 aliphatic rings. The van der Waals surface area contributed by atoms with Gasteiger partial charge in [0.25, 0.3) is 0 Å². The maximum Gasteiger partial charge on any atom is 0.225 e. The second-order valence-corrected chi connectivity index (χ2v) is 7.48. The fourth-order valence-electron chi connectivity index (χ4n) is 3.98. The van der Waals surface area contributed by atoms with Crippen LogP contribution in [0.3, 0.4) is 0 Å². The van der Waals surface area contributed by atoms with Gasteiger partial charge in [-0.15, -0.1) is 5.10 Å². The third-order valence-corrected chi connectivity index (χ3v) is 5.44. The Labute approximate surface area is 171 Å². The molecule has 152 valence electrons. The normalized spacial score (nSPS) is 14.5. The zero-order chi connectivity index (χ0) is 20.7. The summed E-state index contributed by atoms with van der Waals surface area (Å²) in [5.41, 5.74) is 7.83. The van der Waals surface area contributed by atoms with E-state index in [1.54, 1.807) is 30.3 Å². The summed E-state index contributed by atoms with van der Waals surface area (Å²) >= 11 is 0. The molecule has 1 saturated carbocycles. The van der Waals surface area contributed by atoms with Crippen LogP contribution < -0.4 is 11.1 Å². The maximum absolute atomic E-state index is 14.7. The number of benzene rings is 2. The fraction of sp³-hybridized carbons (Fsp3) is 0.227. The molecule has 4 aromatic rings. The molecule has 2 aromatic carbocycles. The lowest BCUT2D eigenvalue weighted by molar-refractivity contribution is 0.625. The molecule has 6 nitrogen and oxygen atoms in total. The van der Waals surface area contributed by atoms with Gasteiger partial charge in [-0.25, -0.2) is 18.4 Å². The minimum absolute atomic E-state index is 0.223. The van der Waals surface area contributed by atoms with Crippen molar-refractivity contribution in [2.24, 2.45) is 0 Å². The number of aromatic nitrogens is 4. The highest BCUT2D eigenvalue weighted by molar-refractivity contribution is 5.99. The Kier molecular flexibility index (Phi) is 4.54. The first-order valence-corrected chi connectivity index (χ1v) is 9.94. The van der Waals surface area contributed by atoms with E-state index in [9.17, 15) is 8.78 Å². The number of fused-ring (bicyclic) bond motifs is 1. The number of hydrogen-bond donors (Lipinski definition) is 2. The van der Waals surface area contributed by atoms with E-state index < -0.39 is 11.6 Å². The summed E-state index contributed by atoms with van der Waals surface area (Å²) < 4.78 is 29.8. The van der Waals surface area contributed by atoms with Crippen molar-refractivity contribution in [2.45, 2.75) is 31.7 Å². The number of rotatable bonds is 4. The number of halogens is 2. The van der Waals surface area contributed by atoms with E-state index in [2.05, 4.69) is 20.4 Å². The van der Waals surface area contributed by atoms with Crippen molar-refractivity contribution in [3.8, 4) is 16.9 Å². The van der Waals surface area contributed by atoms with Gasteiger partial charge < -0.3 is 11.1 Å².